The van der Waals surface area contributed by atoms with E-state index in [1.807, 2.05) is 6.92 Å². The van der Waals surface area contributed by atoms with Crippen LogP contribution < -0.4 is 0 Å². The Kier molecular flexibility index (Phi) is 6.62. The van der Waals surface area contributed by atoms with Gasteiger partial charge in [0.1, 0.15) is 4.90 Å². The zero-order valence-electron chi connectivity index (χ0n) is 11.3. The summed E-state index contributed by atoms with van der Waals surface area (Å²) in [6.07, 6.45) is 1.69. The van der Waals surface area contributed by atoms with Crippen molar-refractivity contribution in [2.75, 3.05) is 13.6 Å². The van der Waals surface area contributed by atoms with E-state index in [2.05, 4.69) is 0 Å². The number of hydrogen-bond donors (Lipinski definition) is 0. The Hall–Kier alpha value is -0.200. The molecular weight excluding hydrogens is 380 g/mol. The van der Waals surface area contributed by atoms with Gasteiger partial charge in [0.15, 0.2) is 0 Å². The second kappa shape index (κ2) is 7.38. The molecule has 21 heavy (non-hydrogen) atoms. The van der Waals surface area contributed by atoms with Gasteiger partial charge in [0.2, 0.25) is 0 Å². The molecule has 0 saturated heterocycles. The summed E-state index contributed by atoms with van der Waals surface area (Å²) in [6, 6.07) is 1.03. The zero-order chi connectivity index (χ0) is 16.4. The van der Waals surface area contributed by atoms with Gasteiger partial charge < -0.3 is 4.90 Å². The van der Waals surface area contributed by atoms with Crippen molar-refractivity contribution in [1.82, 2.24) is 4.90 Å². The minimum Gasteiger partial charge on any atom is -0.342 e. The molecule has 0 N–H and O–H groups in total. The van der Waals surface area contributed by atoms with Crippen molar-refractivity contribution >= 4 is 60.4 Å². The highest BCUT2D eigenvalue weighted by Crippen LogP contribution is 2.38. The van der Waals surface area contributed by atoms with E-state index in [4.69, 9.17) is 45.5 Å². The molecule has 0 fully saturated rings. The average Bonchev–Trinajstić information content (AvgIpc) is 2.38. The van der Waals surface area contributed by atoms with E-state index >= 15 is 0 Å². The number of carbonyl (C=O) groups excluding carboxylic acids is 1. The van der Waals surface area contributed by atoms with Crippen LogP contribution in [0.3, 0.4) is 0 Å². The molecule has 4 nitrogen and oxygen atoms in total. The van der Waals surface area contributed by atoms with E-state index in [1.165, 1.54) is 4.90 Å². The molecule has 1 rings (SSSR count). The topological polar surface area (TPSA) is 54.5 Å². The Morgan fingerprint density at radius 2 is 1.81 bits per heavy atom. The number of nitrogens with zero attached hydrogens (tertiary/aromatic N) is 1. The molecule has 0 aliphatic rings. The molecule has 1 aromatic carbocycles. The molecule has 0 heterocycles. The minimum absolute atomic E-state index is 0.0981. The fourth-order valence-corrected chi connectivity index (χ4v) is 3.77. The fourth-order valence-electron chi connectivity index (χ4n) is 1.63. The molecule has 0 radical (unpaired) electrons. The second-order valence-electron chi connectivity index (χ2n) is 4.38. The number of rotatable bonds is 5. The molecule has 0 bridgehead atoms. The number of halogens is 4. The minimum atomic E-state index is -4.14. The molecule has 0 aliphatic heterocycles. The van der Waals surface area contributed by atoms with Crippen LogP contribution in [0.25, 0.3) is 0 Å². The quantitative estimate of drug-likeness (QED) is 0.549. The van der Waals surface area contributed by atoms with Crippen LogP contribution in [0.1, 0.15) is 30.1 Å². The lowest BCUT2D eigenvalue weighted by molar-refractivity contribution is 0.0793. The van der Waals surface area contributed by atoms with Gasteiger partial charge in [0.05, 0.1) is 20.6 Å². The number of unbranched alkanes of at least 4 members (excludes halogenated alkanes) is 1. The van der Waals surface area contributed by atoms with Crippen LogP contribution in [-0.4, -0.2) is 32.8 Å². The number of benzene rings is 1. The van der Waals surface area contributed by atoms with Crippen LogP contribution in [0.2, 0.25) is 15.1 Å². The predicted octanol–water partition coefficient (Wildman–Crippen LogP) is 4.45. The predicted molar refractivity (Wildman–Crippen MR) is 86.4 cm³/mol. The first-order valence-electron chi connectivity index (χ1n) is 5.98. The Balaban J connectivity index is 3.42. The van der Waals surface area contributed by atoms with Crippen LogP contribution in [0, 0.1) is 0 Å². The van der Waals surface area contributed by atoms with E-state index in [-0.39, 0.29) is 20.6 Å². The lowest BCUT2D eigenvalue weighted by Crippen LogP contribution is -2.28. The van der Waals surface area contributed by atoms with Gasteiger partial charge in [0, 0.05) is 24.3 Å². The van der Waals surface area contributed by atoms with Gasteiger partial charge in [-0.2, -0.15) is 0 Å². The molecular formula is C12H13Cl4NO3S. The maximum absolute atomic E-state index is 12.4. The monoisotopic (exact) mass is 391 g/mol. The van der Waals surface area contributed by atoms with Crippen LogP contribution in [0.15, 0.2) is 11.0 Å². The van der Waals surface area contributed by atoms with E-state index < -0.39 is 19.9 Å². The molecule has 9 heteroatoms. The van der Waals surface area contributed by atoms with E-state index in [9.17, 15) is 13.2 Å². The Morgan fingerprint density at radius 1 is 1.24 bits per heavy atom. The largest absolute Gasteiger partial charge is 0.342 e. The number of amides is 1. The van der Waals surface area contributed by atoms with Crippen molar-refractivity contribution < 1.29 is 13.2 Å². The third kappa shape index (κ3) is 4.39. The van der Waals surface area contributed by atoms with Crippen LogP contribution >= 0.6 is 45.5 Å². The first-order valence-corrected chi connectivity index (χ1v) is 9.43. The van der Waals surface area contributed by atoms with Crippen molar-refractivity contribution in [3.63, 3.8) is 0 Å². The highest BCUT2D eigenvalue weighted by Gasteiger charge is 2.27. The summed E-state index contributed by atoms with van der Waals surface area (Å²) in [4.78, 5) is 13.3. The summed E-state index contributed by atoms with van der Waals surface area (Å²) < 4.78 is 23.0. The summed E-state index contributed by atoms with van der Waals surface area (Å²) in [5.41, 5.74) is -0.163. The van der Waals surface area contributed by atoms with Crippen LogP contribution in [0.5, 0.6) is 0 Å². The van der Waals surface area contributed by atoms with Crippen molar-refractivity contribution in [3.8, 4) is 0 Å². The van der Waals surface area contributed by atoms with Gasteiger partial charge in [-0.15, -0.1) is 0 Å². The van der Waals surface area contributed by atoms with Gasteiger partial charge in [-0.25, -0.2) is 8.42 Å². The maximum Gasteiger partial charge on any atom is 0.262 e. The highest BCUT2D eigenvalue weighted by molar-refractivity contribution is 8.13. The van der Waals surface area contributed by atoms with E-state index in [1.54, 1.807) is 7.05 Å². The molecule has 1 aromatic rings. The van der Waals surface area contributed by atoms with Gasteiger partial charge in [-0.05, 0) is 12.5 Å². The molecule has 0 aliphatic carbocycles. The summed E-state index contributed by atoms with van der Waals surface area (Å²) in [5.74, 6) is -0.512. The van der Waals surface area contributed by atoms with Crippen molar-refractivity contribution in [3.05, 3.63) is 26.7 Å². The number of hydrogen-bond acceptors (Lipinski definition) is 3. The summed E-state index contributed by atoms with van der Waals surface area (Å²) in [7, 11) is 2.71. The third-order valence-electron chi connectivity index (χ3n) is 2.79. The summed E-state index contributed by atoms with van der Waals surface area (Å²) >= 11 is 17.8. The van der Waals surface area contributed by atoms with Crippen molar-refractivity contribution in [2.45, 2.75) is 24.7 Å². The lowest BCUT2D eigenvalue weighted by Gasteiger charge is -2.19. The smallest absolute Gasteiger partial charge is 0.262 e. The third-order valence-corrected chi connectivity index (χ3v) is 5.43. The van der Waals surface area contributed by atoms with Gasteiger partial charge in [-0.3, -0.25) is 4.79 Å². The summed E-state index contributed by atoms with van der Waals surface area (Å²) in [5, 5.41) is -0.528. The highest BCUT2D eigenvalue weighted by atomic mass is 35.7. The Labute approximate surface area is 143 Å². The molecule has 0 aromatic heterocycles. The summed E-state index contributed by atoms with van der Waals surface area (Å²) in [6.45, 7) is 2.47. The first kappa shape index (κ1) is 18.8. The van der Waals surface area contributed by atoms with E-state index in [0.717, 1.165) is 18.9 Å². The SMILES string of the molecule is CCCCN(C)C(=O)c1c(Cl)c(Cl)cc(S(=O)(=O)Cl)c1Cl. The van der Waals surface area contributed by atoms with Crippen LogP contribution in [0.4, 0.5) is 0 Å². The lowest BCUT2D eigenvalue weighted by atomic mass is 10.2. The molecule has 118 valence electrons. The first-order chi connectivity index (χ1) is 9.61. The van der Waals surface area contributed by atoms with Gasteiger partial charge in [0.25, 0.3) is 15.0 Å². The zero-order valence-corrected chi connectivity index (χ0v) is 15.1. The Morgan fingerprint density at radius 3 is 2.29 bits per heavy atom. The van der Waals surface area contributed by atoms with Crippen molar-refractivity contribution in [1.29, 1.82) is 0 Å². The fraction of sp³-hybridized carbons (Fsp3) is 0.417. The maximum atomic E-state index is 12.4. The Bertz CT molecular complexity index is 661. The number of carbonyl (C=O) groups is 1. The van der Waals surface area contributed by atoms with Crippen LogP contribution in [-0.2, 0) is 9.05 Å². The molecule has 0 atom stereocenters. The van der Waals surface area contributed by atoms with Gasteiger partial charge in [-0.1, -0.05) is 48.1 Å². The van der Waals surface area contributed by atoms with Gasteiger partial charge >= 0.3 is 0 Å². The van der Waals surface area contributed by atoms with E-state index in [0.29, 0.717) is 6.54 Å². The molecule has 1 amide bonds. The molecule has 0 spiro atoms. The molecule has 0 unspecified atom stereocenters. The van der Waals surface area contributed by atoms with Crippen molar-refractivity contribution in [2.24, 2.45) is 0 Å². The second-order valence-corrected chi connectivity index (χ2v) is 8.08. The molecule has 0 saturated carbocycles. The average molecular weight is 393 g/mol. The normalized spacial score (nSPS) is 11.5. The standard InChI is InChI=1S/C12H13Cl4NO3S/c1-3-4-5-17(2)12(18)9-10(14)7(13)6-8(11(9)15)21(16,19)20/h6H,3-5H2,1-2H3.